The molecule has 21 heavy (non-hydrogen) atoms. The quantitative estimate of drug-likeness (QED) is 0.695. The molecule has 0 saturated carbocycles. The molecule has 4 heteroatoms. The molecule has 0 radical (unpaired) electrons. The van der Waals surface area contributed by atoms with E-state index >= 15 is 0 Å². The van der Waals surface area contributed by atoms with Crippen LogP contribution in [0.1, 0.15) is 28.2 Å². The molecule has 0 unspecified atom stereocenters. The summed E-state index contributed by atoms with van der Waals surface area (Å²) in [6.45, 7) is 0. The fourth-order valence-corrected chi connectivity index (χ4v) is 3.19. The van der Waals surface area contributed by atoms with Crippen molar-refractivity contribution >= 4 is 22.8 Å². The second-order valence-corrected chi connectivity index (χ2v) is 5.40. The number of benzene rings is 1. The Morgan fingerprint density at radius 1 is 1.29 bits per heavy atom. The van der Waals surface area contributed by atoms with Gasteiger partial charge in [-0.3, -0.25) is 4.79 Å². The number of carbonyl (C=O) groups excluding carboxylic acids is 1. The number of rotatable bonds is 1. The number of nitrogens with zero attached hydrogens (tertiary/aromatic N) is 2. The lowest BCUT2D eigenvalue weighted by atomic mass is 9.89. The summed E-state index contributed by atoms with van der Waals surface area (Å²) in [6, 6.07) is 8.10. The van der Waals surface area contributed by atoms with Crippen molar-refractivity contribution in [2.75, 3.05) is 0 Å². The van der Waals surface area contributed by atoms with Crippen molar-refractivity contribution in [1.82, 2.24) is 14.5 Å². The van der Waals surface area contributed by atoms with Crippen LogP contribution in [0.4, 0.5) is 0 Å². The monoisotopic (exact) mass is 277 g/mol. The molecule has 0 aliphatic heterocycles. The zero-order valence-corrected chi connectivity index (χ0v) is 11.8. The molecule has 3 aromatic rings. The van der Waals surface area contributed by atoms with Crippen LogP contribution in [-0.2, 0) is 13.5 Å². The number of aromatic amines is 1. The second kappa shape index (κ2) is 4.45. The second-order valence-electron chi connectivity index (χ2n) is 5.40. The third-order valence-corrected chi connectivity index (χ3v) is 4.23. The Balaban J connectivity index is 1.90. The van der Waals surface area contributed by atoms with Gasteiger partial charge in [0.25, 0.3) is 0 Å². The number of ketones is 1. The van der Waals surface area contributed by atoms with Crippen molar-refractivity contribution in [2.24, 2.45) is 7.05 Å². The highest BCUT2D eigenvalue weighted by Gasteiger charge is 2.27. The molecular weight excluding hydrogens is 262 g/mol. The molecular formula is C17H15N3O. The van der Waals surface area contributed by atoms with Gasteiger partial charge in [-0.1, -0.05) is 18.2 Å². The van der Waals surface area contributed by atoms with Crippen LogP contribution in [0.5, 0.6) is 0 Å². The largest absolute Gasteiger partial charge is 0.347 e. The maximum Gasteiger partial charge on any atom is 0.191 e. The summed E-state index contributed by atoms with van der Waals surface area (Å²) in [4.78, 5) is 19.9. The average molecular weight is 277 g/mol. The molecule has 2 heterocycles. The highest BCUT2D eigenvalue weighted by Crippen LogP contribution is 2.33. The number of aryl methyl sites for hydroxylation is 1. The summed E-state index contributed by atoms with van der Waals surface area (Å²) in [7, 11) is 2.04. The van der Waals surface area contributed by atoms with E-state index in [-0.39, 0.29) is 5.78 Å². The molecule has 4 nitrogen and oxygen atoms in total. The zero-order valence-electron chi connectivity index (χ0n) is 11.8. The van der Waals surface area contributed by atoms with Crippen molar-refractivity contribution in [3.8, 4) is 0 Å². The molecule has 104 valence electrons. The van der Waals surface area contributed by atoms with Crippen LogP contribution < -0.4 is 0 Å². The number of imidazole rings is 1. The maximum atomic E-state index is 12.9. The summed E-state index contributed by atoms with van der Waals surface area (Å²) in [5.41, 5.74) is 4.86. The number of hydrogen-bond donors (Lipinski definition) is 1. The average Bonchev–Trinajstić information content (AvgIpc) is 3.10. The van der Waals surface area contributed by atoms with Crippen LogP contribution >= 0.6 is 0 Å². The zero-order chi connectivity index (χ0) is 14.4. The van der Waals surface area contributed by atoms with Crippen LogP contribution in [0.2, 0.25) is 0 Å². The predicted molar refractivity (Wildman–Crippen MR) is 82.1 cm³/mol. The van der Waals surface area contributed by atoms with E-state index in [1.54, 1.807) is 12.5 Å². The first kappa shape index (κ1) is 12.1. The predicted octanol–water partition coefficient (Wildman–Crippen LogP) is 3.11. The van der Waals surface area contributed by atoms with Gasteiger partial charge in [-0.2, -0.15) is 0 Å². The molecule has 1 aliphatic rings. The number of aromatic nitrogens is 3. The van der Waals surface area contributed by atoms with Crippen LogP contribution in [0.25, 0.3) is 17.0 Å². The molecule has 0 spiro atoms. The topological polar surface area (TPSA) is 50.7 Å². The minimum atomic E-state index is 0.141. The molecule has 0 amide bonds. The van der Waals surface area contributed by atoms with Crippen molar-refractivity contribution in [3.63, 3.8) is 0 Å². The van der Waals surface area contributed by atoms with Gasteiger partial charge < -0.3 is 9.55 Å². The molecule has 4 rings (SSSR count). The van der Waals surface area contributed by atoms with Gasteiger partial charge >= 0.3 is 0 Å². The Labute approximate surface area is 122 Å². The summed E-state index contributed by atoms with van der Waals surface area (Å²) in [6.07, 6.45) is 6.95. The van der Waals surface area contributed by atoms with Crippen LogP contribution in [0.15, 0.2) is 42.4 Å². The van der Waals surface area contributed by atoms with Gasteiger partial charge in [0.1, 0.15) is 0 Å². The molecule has 1 N–H and O–H groups in total. The van der Waals surface area contributed by atoms with E-state index in [9.17, 15) is 4.79 Å². The summed E-state index contributed by atoms with van der Waals surface area (Å²) >= 11 is 0. The molecule has 1 aromatic carbocycles. The summed E-state index contributed by atoms with van der Waals surface area (Å²) < 4.78 is 2.15. The van der Waals surface area contributed by atoms with Crippen molar-refractivity contribution in [3.05, 3.63) is 59.3 Å². The minimum absolute atomic E-state index is 0.141. The normalized spacial score (nSPS) is 16.6. The Hall–Kier alpha value is -2.62. The number of hydrogen-bond acceptors (Lipinski definition) is 2. The fraction of sp³-hybridized carbons (Fsp3) is 0.176. The summed E-state index contributed by atoms with van der Waals surface area (Å²) in [5, 5.41) is 1.05. The van der Waals surface area contributed by atoms with Gasteiger partial charge in [0.2, 0.25) is 0 Å². The Morgan fingerprint density at radius 2 is 2.14 bits per heavy atom. The number of allylic oxidation sites excluding steroid dienone is 1. The number of Topliss-reactive ketones (excluding diaryl/α,β-unsaturated/α-hetero) is 1. The first-order chi connectivity index (χ1) is 10.3. The van der Waals surface area contributed by atoms with Crippen molar-refractivity contribution in [2.45, 2.75) is 12.8 Å². The minimum Gasteiger partial charge on any atom is -0.347 e. The molecule has 1 aliphatic carbocycles. The van der Waals surface area contributed by atoms with Crippen LogP contribution in [0, 0.1) is 0 Å². The smallest absolute Gasteiger partial charge is 0.191 e. The lowest BCUT2D eigenvalue weighted by molar-refractivity contribution is 0.102. The molecule has 0 saturated heterocycles. The lowest BCUT2D eigenvalue weighted by Crippen LogP contribution is -2.15. The standard InChI is InChI=1S/C17H15N3O/c1-20-14-5-3-2-4-13(14)16-15(20)7-6-11(17(16)21)8-12-9-18-10-19-12/h2-5,8-10H,6-7H2,1H3,(H,18,19). The highest BCUT2D eigenvalue weighted by atomic mass is 16.1. The van der Waals surface area contributed by atoms with E-state index in [1.807, 2.05) is 31.3 Å². The summed E-state index contributed by atoms with van der Waals surface area (Å²) in [5.74, 6) is 0.141. The third-order valence-electron chi connectivity index (χ3n) is 4.23. The highest BCUT2D eigenvalue weighted by molar-refractivity contribution is 6.19. The number of carbonyl (C=O) groups is 1. The van der Waals surface area contributed by atoms with E-state index in [2.05, 4.69) is 20.6 Å². The van der Waals surface area contributed by atoms with Gasteiger partial charge in [-0.05, 0) is 25.0 Å². The Kier molecular flexibility index (Phi) is 2.57. The van der Waals surface area contributed by atoms with E-state index in [0.29, 0.717) is 0 Å². The van der Waals surface area contributed by atoms with Crippen molar-refractivity contribution in [1.29, 1.82) is 0 Å². The lowest BCUT2D eigenvalue weighted by Gasteiger charge is -2.15. The van der Waals surface area contributed by atoms with Gasteiger partial charge in [-0.15, -0.1) is 0 Å². The molecule has 0 bridgehead atoms. The molecule has 0 atom stereocenters. The molecule has 2 aromatic heterocycles. The van der Waals surface area contributed by atoms with Crippen molar-refractivity contribution < 1.29 is 4.79 Å². The van der Waals surface area contributed by atoms with E-state index in [1.165, 1.54) is 0 Å². The van der Waals surface area contributed by atoms with Gasteiger partial charge in [-0.25, -0.2) is 4.98 Å². The van der Waals surface area contributed by atoms with E-state index in [4.69, 9.17) is 0 Å². The van der Waals surface area contributed by atoms with Crippen LogP contribution in [-0.4, -0.2) is 20.3 Å². The Morgan fingerprint density at radius 3 is 2.95 bits per heavy atom. The number of fused-ring (bicyclic) bond motifs is 3. The number of para-hydroxylation sites is 1. The first-order valence-corrected chi connectivity index (χ1v) is 7.05. The SMILES string of the molecule is Cn1c2c(c3ccccc31)C(=O)C(=Cc1cnc[nH]1)CC2. The van der Waals surface area contributed by atoms with Crippen LogP contribution in [0.3, 0.4) is 0 Å². The van der Waals surface area contributed by atoms with Gasteiger partial charge in [0.05, 0.1) is 23.8 Å². The van der Waals surface area contributed by atoms with Gasteiger partial charge in [0.15, 0.2) is 5.78 Å². The fourth-order valence-electron chi connectivity index (χ4n) is 3.19. The van der Waals surface area contributed by atoms with E-state index in [0.717, 1.165) is 46.3 Å². The molecule has 0 fully saturated rings. The van der Waals surface area contributed by atoms with E-state index < -0.39 is 0 Å². The number of nitrogens with one attached hydrogen (secondary N) is 1. The first-order valence-electron chi connectivity index (χ1n) is 7.05. The Bertz CT molecular complexity index is 869. The van der Waals surface area contributed by atoms with Gasteiger partial charge in [0, 0.05) is 29.2 Å². The maximum absolute atomic E-state index is 12.9. The third kappa shape index (κ3) is 1.76. The number of H-pyrrole nitrogens is 1.